The van der Waals surface area contributed by atoms with Crippen molar-refractivity contribution >= 4 is 24.1 Å². The molecule has 2 aromatic rings. The molecule has 0 saturated carbocycles. The van der Waals surface area contributed by atoms with Crippen LogP contribution in [0.2, 0.25) is 0 Å². The van der Waals surface area contributed by atoms with E-state index in [-0.39, 0.29) is 11.3 Å². The summed E-state index contributed by atoms with van der Waals surface area (Å²) in [7, 11) is 1.49. The Morgan fingerprint density at radius 2 is 1.86 bits per heavy atom. The lowest BCUT2D eigenvalue weighted by molar-refractivity contribution is 0.0963. The van der Waals surface area contributed by atoms with Crippen molar-refractivity contribution in [2.45, 2.75) is 20.3 Å². The quantitative estimate of drug-likeness (QED) is 0.523. The Kier molecular flexibility index (Phi) is 6.98. The maximum Gasteiger partial charge on any atom is 0.319 e. The topological polar surface area (TPSA) is 102 Å². The number of hydrogen-bond donors (Lipinski definition) is 3. The van der Waals surface area contributed by atoms with Crippen molar-refractivity contribution in [1.82, 2.24) is 5.32 Å². The SMILES string of the molecule is COc1cc(/C=C/c2ccccc2)c(C(=O)NC(N)=O)c(O)c1CC=C(C)C. The van der Waals surface area contributed by atoms with Crippen LogP contribution in [0.5, 0.6) is 11.5 Å². The lowest BCUT2D eigenvalue weighted by Gasteiger charge is -2.16. The number of carbonyl (C=O) groups is 2. The van der Waals surface area contributed by atoms with Gasteiger partial charge in [0.25, 0.3) is 5.91 Å². The average Bonchev–Trinajstić information content (AvgIpc) is 2.64. The third-order valence-corrected chi connectivity index (χ3v) is 4.05. The molecule has 2 rings (SSSR count). The van der Waals surface area contributed by atoms with E-state index in [4.69, 9.17) is 10.5 Å². The predicted molar refractivity (Wildman–Crippen MR) is 110 cm³/mol. The number of nitrogens with one attached hydrogen (secondary N) is 1. The number of allylic oxidation sites excluding steroid dienone is 2. The lowest BCUT2D eigenvalue weighted by atomic mass is 9.96. The van der Waals surface area contributed by atoms with Crippen molar-refractivity contribution in [2.24, 2.45) is 5.73 Å². The highest BCUT2D eigenvalue weighted by Gasteiger charge is 2.22. The molecule has 0 aliphatic carbocycles. The van der Waals surface area contributed by atoms with E-state index in [2.05, 4.69) is 0 Å². The largest absolute Gasteiger partial charge is 0.507 e. The van der Waals surface area contributed by atoms with Gasteiger partial charge in [0, 0.05) is 5.56 Å². The molecule has 4 N–H and O–H groups in total. The van der Waals surface area contributed by atoms with E-state index < -0.39 is 11.9 Å². The normalized spacial score (nSPS) is 10.5. The summed E-state index contributed by atoms with van der Waals surface area (Å²) >= 11 is 0. The van der Waals surface area contributed by atoms with Gasteiger partial charge in [-0.15, -0.1) is 0 Å². The summed E-state index contributed by atoms with van der Waals surface area (Å²) < 4.78 is 5.42. The molecular formula is C22H24N2O4. The van der Waals surface area contributed by atoms with E-state index in [9.17, 15) is 14.7 Å². The van der Waals surface area contributed by atoms with E-state index in [1.807, 2.05) is 55.6 Å². The van der Waals surface area contributed by atoms with Crippen LogP contribution in [0.1, 0.15) is 40.9 Å². The van der Waals surface area contributed by atoms with Gasteiger partial charge >= 0.3 is 6.03 Å². The summed E-state index contributed by atoms with van der Waals surface area (Å²) in [5.74, 6) is -0.583. The number of urea groups is 1. The molecule has 6 nitrogen and oxygen atoms in total. The fourth-order valence-electron chi connectivity index (χ4n) is 2.69. The number of imide groups is 1. The highest BCUT2D eigenvalue weighted by molar-refractivity contribution is 6.08. The summed E-state index contributed by atoms with van der Waals surface area (Å²) in [6.07, 6.45) is 5.76. The molecule has 0 aromatic heterocycles. The predicted octanol–water partition coefficient (Wildman–Crippen LogP) is 3.89. The molecule has 0 aliphatic heterocycles. The van der Waals surface area contributed by atoms with Crippen molar-refractivity contribution in [2.75, 3.05) is 7.11 Å². The maximum atomic E-state index is 12.5. The molecule has 0 aliphatic rings. The number of hydrogen-bond acceptors (Lipinski definition) is 4. The van der Waals surface area contributed by atoms with E-state index >= 15 is 0 Å². The molecule has 0 radical (unpaired) electrons. The van der Waals surface area contributed by atoms with Crippen LogP contribution in [0.15, 0.2) is 48.0 Å². The van der Waals surface area contributed by atoms with E-state index in [0.29, 0.717) is 23.3 Å². The number of benzene rings is 2. The number of nitrogens with two attached hydrogens (primary N) is 1. The highest BCUT2D eigenvalue weighted by atomic mass is 16.5. The van der Waals surface area contributed by atoms with Gasteiger partial charge in [0.15, 0.2) is 0 Å². The minimum atomic E-state index is -0.996. The van der Waals surface area contributed by atoms with Crippen LogP contribution in [0, 0.1) is 0 Å². The van der Waals surface area contributed by atoms with E-state index in [1.54, 1.807) is 18.2 Å². The number of amides is 3. The van der Waals surface area contributed by atoms with Crippen molar-refractivity contribution in [1.29, 1.82) is 0 Å². The van der Waals surface area contributed by atoms with Crippen molar-refractivity contribution in [3.8, 4) is 11.5 Å². The second-order valence-electron chi connectivity index (χ2n) is 6.42. The highest BCUT2D eigenvalue weighted by Crippen LogP contribution is 2.36. The fraction of sp³-hybridized carbons (Fsp3) is 0.182. The Morgan fingerprint density at radius 3 is 2.43 bits per heavy atom. The Balaban J connectivity index is 2.62. The first-order valence-electron chi connectivity index (χ1n) is 8.73. The zero-order valence-corrected chi connectivity index (χ0v) is 16.2. The van der Waals surface area contributed by atoms with Crippen LogP contribution < -0.4 is 15.8 Å². The number of ether oxygens (including phenoxy) is 1. The molecule has 2 aromatic carbocycles. The van der Waals surface area contributed by atoms with Gasteiger partial charge in [-0.1, -0.05) is 54.1 Å². The number of methoxy groups -OCH3 is 1. The van der Waals surface area contributed by atoms with Crippen molar-refractivity contribution in [3.63, 3.8) is 0 Å². The molecule has 0 bridgehead atoms. The first-order chi connectivity index (χ1) is 13.3. The first-order valence-corrected chi connectivity index (χ1v) is 8.73. The molecule has 0 atom stereocenters. The first kappa shape index (κ1) is 20.8. The average molecular weight is 380 g/mol. The number of carbonyl (C=O) groups excluding carboxylic acids is 2. The number of phenols is 1. The fourth-order valence-corrected chi connectivity index (χ4v) is 2.69. The lowest BCUT2D eigenvalue weighted by Crippen LogP contribution is -2.35. The number of rotatable bonds is 6. The summed E-state index contributed by atoms with van der Waals surface area (Å²) in [5.41, 5.74) is 7.87. The van der Waals surface area contributed by atoms with Crippen LogP contribution in [0.3, 0.4) is 0 Å². The Bertz CT molecular complexity index is 927. The Morgan fingerprint density at radius 1 is 1.18 bits per heavy atom. The summed E-state index contributed by atoms with van der Waals surface area (Å²) in [6.45, 7) is 3.86. The van der Waals surface area contributed by atoms with E-state index in [1.165, 1.54) is 7.11 Å². The van der Waals surface area contributed by atoms with Crippen LogP contribution in [-0.4, -0.2) is 24.2 Å². The van der Waals surface area contributed by atoms with Gasteiger partial charge < -0.3 is 15.6 Å². The molecule has 0 saturated heterocycles. The molecule has 0 heterocycles. The number of phenolic OH excluding ortho intramolecular Hbond substituents is 1. The molecule has 3 amide bonds. The zero-order valence-electron chi connectivity index (χ0n) is 16.2. The van der Waals surface area contributed by atoms with Gasteiger partial charge in [0.2, 0.25) is 0 Å². The second-order valence-corrected chi connectivity index (χ2v) is 6.42. The van der Waals surface area contributed by atoms with Crippen LogP contribution in [0.4, 0.5) is 4.79 Å². The Hall–Kier alpha value is -3.54. The second kappa shape index (κ2) is 9.41. The molecule has 146 valence electrons. The van der Waals surface area contributed by atoms with Crippen LogP contribution in [0.25, 0.3) is 12.2 Å². The van der Waals surface area contributed by atoms with Gasteiger partial charge in [-0.05, 0) is 37.5 Å². The van der Waals surface area contributed by atoms with Crippen molar-refractivity contribution in [3.05, 3.63) is 70.3 Å². The third-order valence-electron chi connectivity index (χ3n) is 4.05. The minimum absolute atomic E-state index is 0.0380. The van der Waals surface area contributed by atoms with Gasteiger partial charge in [-0.3, -0.25) is 10.1 Å². The molecule has 28 heavy (non-hydrogen) atoms. The molecular weight excluding hydrogens is 356 g/mol. The van der Waals surface area contributed by atoms with Crippen molar-refractivity contribution < 1.29 is 19.4 Å². The number of aromatic hydroxyl groups is 1. The molecule has 0 spiro atoms. The number of primary amides is 1. The van der Waals surface area contributed by atoms with E-state index in [0.717, 1.165) is 11.1 Å². The summed E-state index contributed by atoms with van der Waals surface area (Å²) in [5, 5.41) is 12.8. The smallest absolute Gasteiger partial charge is 0.319 e. The minimum Gasteiger partial charge on any atom is -0.507 e. The maximum absolute atomic E-state index is 12.5. The third kappa shape index (κ3) is 5.23. The monoisotopic (exact) mass is 380 g/mol. The molecule has 0 unspecified atom stereocenters. The van der Waals surface area contributed by atoms with Gasteiger partial charge in [0.1, 0.15) is 11.5 Å². The standard InChI is InChI=1S/C22H24N2O4/c1-14(2)9-12-17-18(28-3)13-16(11-10-15-7-5-4-6-8-15)19(20(17)25)21(26)24-22(23)27/h4-11,13,25H,12H2,1-3H3,(H3,23,24,26,27)/b11-10+. The molecule has 6 heteroatoms. The Labute approximate surface area is 164 Å². The van der Waals surface area contributed by atoms with Gasteiger partial charge in [-0.25, -0.2) is 4.79 Å². The zero-order chi connectivity index (χ0) is 20.7. The summed E-state index contributed by atoms with van der Waals surface area (Å²) in [4.78, 5) is 23.7. The van der Waals surface area contributed by atoms with Crippen LogP contribution >= 0.6 is 0 Å². The van der Waals surface area contributed by atoms with Gasteiger partial charge in [0.05, 0.1) is 12.7 Å². The van der Waals surface area contributed by atoms with Gasteiger partial charge in [-0.2, -0.15) is 0 Å². The van der Waals surface area contributed by atoms with Crippen LogP contribution in [-0.2, 0) is 6.42 Å². The molecule has 0 fully saturated rings. The summed E-state index contributed by atoms with van der Waals surface area (Å²) in [6, 6.07) is 10.1.